The molecule has 22 heavy (non-hydrogen) atoms. The summed E-state index contributed by atoms with van der Waals surface area (Å²) in [5.74, 6) is -0.140. The number of amides is 1. The van der Waals surface area contributed by atoms with Crippen molar-refractivity contribution in [2.75, 3.05) is 13.2 Å². The zero-order valence-corrected chi connectivity index (χ0v) is 13.0. The van der Waals surface area contributed by atoms with Gasteiger partial charge in [-0.2, -0.15) is 0 Å². The number of carbonyl (C=O) groups excluding carboxylic acids is 1. The Labute approximate surface area is 133 Å². The molecule has 0 radical (unpaired) electrons. The van der Waals surface area contributed by atoms with Crippen molar-refractivity contribution in [3.63, 3.8) is 0 Å². The van der Waals surface area contributed by atoms with E-state index in [0.29, 0.717) is 13.0 Å². The van der Waals surface area contributed by atoms with Crippen LogP contribution in [0.2, 0.25) is 0 Å². The van der Waals surface area contributed by atoms with Crippen molar-refractivity contribution in [2.45, 2.75) is 25.0 Å². The molecule has 2 heterocycles. The van der Waals surface area contributed by atoms with Crippen LogP contribution >= 0.6 is 11.3 Å². The molecule has 0 bridgehead atoms. The third-order valence-electron chi connectivity index (χ3n) is 3.85. The number of nitrogens with one attached hydrogen (secondary N) is 1. The molecule has 3 rings (SSSR count). The number of ether oxygens (including phenoxy) is 1. The first-order valence-corrected chi connectivity index (χ1v) is 8.31. The van der Waals surface area contributed by atoms with E-state index in [1.807, 2.05) is 41.8 Å². The molecule has 4 nitrogen and oxygen atoms in total. The monoisotopic (exact) mass is 317 g/mol. The highest BCUT2D eigenvalue weighted by atomic mass is 32.1. The maximum Gasteiger partial charge on any atom is 0.254 e. The highest BCUT2D eigenvalue weighted by Crippen LogP contribution is 2.29. The molecular weight excluding hydrogens is 298 g/mol. The van der Waals surface area contributed by atoms with E-state index >= 15 is 0 Å². The lowest BCUT2D eigenvalue weighted by atomic mass is 9.97. The smallest absolute Gasteiger partial charge is 0.254 e. The maximum absolute atomic E-state index is 12.6. The van der Waals surface area contributed by atoms with E-state index in [9.17, 15) is 9.90 Å². The first kappa shape index (κ1) is 15.2. The summed E-state index contributed by atoms with van der Waals surface area (Å²) in [5, 5.41) is 14.2. The molecular formula is C17H19NO3S. The average Bonchev–Trinajstić information content (AvgIpc) is 3.08. The van der Waals surface area contributed by atoms with Crippen LogP contribution in [0.25, 0.3) is 0 Å². The Morgan fingerprint density at radius 1 is 1.36 bits per heavy atom. The van der Waals surface area contributed by atoms with Crippen molar-refractivity contribution in [1.82, 2.24) is 5.32 Å². The molecule has 2 atom stereocenters. The van der Waals surface area contributed by atoms with Crippen LogP contribution in [0.5, 0.6) is 0 Å². The van der Waals surface area contributed by atoms with Crippen molar-refractivity contribution in [2.24, 2.45) is 0 Å². The molecule has 1 aliphatic rings. The normalized spacial score (nSPS) is 18.5. The molecule has 1 aromatic heterocycles. The second-order valence-corrected chi connectivity index (χ2v) is 6.27. The second kappa shape index (κ2) is 7.05. The number of benzene rings is 1. The number of hydrogen-bond donors (Lipinski definition) is 2. The summed E-state index contributed by atoms with van der Waals surface area (Å²) in [6, 6.07) is 11.7. The molecule has 0 aliphatic carbocycles. The van der Waals surface area contributed by atoms with Gasteiger partial charge in [0.05, 0.1) is 12.6 Å². The predicted octanol–water partition coefficient (Wildman–Crippen LogP) is 2.60. The Morgan fingerprint density at radius 2 is 2.23 bits per heavy atom. The Hall–Kier alpha value is -1.69. The lowest BCUT2D eigenvalue weighted by Gasteiger charge is -2.27. The summed E-state index contributed by atoms with van der Waals surface area (Å²) in [4.78, 5) is 13.7. The highest BCUT2D eigenvalue weighted by Gasteiger charge is 2.29. The minimum absolute atomic E-state index is 0.0327. The summed E-state index contributed by atoms with van der Waals surface area (Å²) < 4.78 is 5.69. The van der Waals surface area contributed by atoms with E-state index in [1.54, 1.807) is 11.3 Å². The molecule has 1 aliphatic heterocycles. The number of rotatable bonds is 5. The molecule has 5 heteroatoms. The van der Waals surface area contributed by atoms with Crippen molar-refractivity contribution < 1.29 is 14.6 Å². The number of hydrogen-bond acceptors (Lipinski definition) is 4. The van der Waals surface area contributed by atoms with Crippen molar-refractivity contribution >= 4 is 17.2 Å². The Kier molecular flexibility index (Phi) is 4.87. The molecule has 0 saturated heterocycles. The Balaban J connectivity index is 1.77. The third-order valence-corrected chi connectivity index (χ3v) is 4.84. The number of fused-ring (bicyclic) bond motifs is 1. The average molecular weight is 317 g/mol. The SMILES string of the molecule is O=C(N[C@H](CCO)c1cccs1)[C@@H]1OCCc2ccccc21. The van der Waals surface area contributed by atoms with Gasteiger partial charge in [-0.25, -0.2) is 0 Å². The highest BCUT2D eigenvalue weighted by molar-refractivity contribution is 7.10. The van der Waals surface area contributed by atoms with Gasteiger partial charge in [0.25, 0.3) is 5.91 Å². The topological polar surface area (TPSA) is 58.6 Å². The fourth-order valence-electron chi connectivity index (χ4n) is 2.76. The maximum atomic E-state index is 12.6. The molecule has 0 spiro atoms. The second-order valence-electron chi connectivity index (χ2n) is 5.29. The van der Waals surface area contributed by atoms with Gasteiger partial charge in [0.15, 0.2) is 6.10 Å². The number of carbonyl (C=O) groups is 1. The van der Waals surface area contributed by atoms with Crippen LogP contribution in [0, 0.1) is 0 Å². The van der Waals surface area contributed by atoms with E-state index in [-0.39, 0.29) is 18.6 Å². The lowest BCUT2D eigenvalue weighted by Crippen LogP contribution is -2.36. The van der Waals surface area contributed by atoms with Gasteiger partial charge in [-0.05, 0) is 35.4 Å². The molecule has 2 N–H and O–H groups in total. The summed E-state index contributed by atoms with van der Waals surface area (Å²) in [6.07, 6.45) is 0.775. The van der Waals surface area contributed by atoms with Gasteiger partial charge in [0.2, 0.25) is 0 Å². The quantitative estimate of drug-likeness (QED) is 0.891. The molecule has 0 fully saturated rings. The summed E-state index contributed by atoms with van der Waals surface area (Å²) in [7, 11) is 0. The fraction of sp³-hybridized carbons (Fsp3) is 0.353. The Morgan fingerprint density at radius 3 is 3.00 bits per heavy atom. The van der Waals surface area contributed by atoms with Crippen molar-refractivity contribution in [1.29, 1.82) is 0 Å². The predicted molar refractivity (Wildman–Crippen MR) is 85.7 cm³/mol. The standard InChI is InChI=1S/C17H19NO3S/c19-9-7-14(15-6-3-11-22-15)18-17(20)16-13-5-2-1-4-12(13)8-10-21-16/h1-6,11,14,16,19H,7-10H2,(H,18,20)/t14-,16-/m1/s1. The van der Waals surface area contributed by atoms with Crippen LogP contribution in [0.3, 0.4) is 0 Å². The summed E-state index contributed by atoms with van der Waals surface area (Å²) in [6.45, 7) is 0.587. The van der Waals surface area contributed by atoms with Crippen LogP contribution in [-0.2, 0) is 16.0 Å². The fourth-order valence-corrected chi connectivity index (χ4v) is 3.58. The van der Waals surface area contributed by atoms with E-state index in [4.69, 9.17) is 4.74 Å². The first-order chi connectivity index (χ1) is 10.8. The van der Waals surface area contributed by atoms with Gasteiger partial charge in [0, 0.05) is 11.5 Å². The van der Waals surface area contributed by atoms with Crippen molar-refractivity contribution in [3.05, 3.63) is 57.8 Å². The molecule has 1 amide bonds. The number of aliphatic hydroxyl groups excluding tert-OH is 1. The van der Waals surface area contributed by atoms with Crippen LogP contribution in [0.1, 0.15) is 34.6 Å². The van der Waals surface area contributed by atoms with Gasteiger partial charge in [-0.1, -0.05) is 30.3 Å². The number of aliphatic hydroxyl groups is 1. The lowest BCUT2D eigenvalue weighted by molar-refractivity contribution is -0.135. The van der Waals surface area contributed by atoms with Crippen LogP contribution in [0.4, 0.5) is 0 Å². The van der Waals surface area contributed by atoms with Crippen LogP contribution in [-0.4, -0.2) is 24.2 Å². The first-order valence-electron chi connectivity index (χ1n) is 7.43. The van der Waals surface area contributed by atoms with Crippen LogP contribution < -0.4 is 5.32 Å². The minimum Gasteiger partial charge on any atom is -0.396 e. The van der Waals surface area contributed by atoms with E-state index in [2.05, 4.69) is 5.32 Å². The van der Waals surface area contributed by atoms with E-state index in [0.717, 1.165) is 16.9 Å². The Bertz CT molecular complexity index is 627. The van der Waals surface area contributed by atoms with Crippen LogP contribution in [0.15, 0.2) is 41.8 Å². The van der Waals surface area contributed by atoms with Gasteiger partial charge in [-0.15, -0.1) is 11.3 Å². The molecule has 0 saturated carbocycles. The molecule has 2 aromatic rings. The summed E-state index contributed by atoms with van der Waals surface area (Å²) in [5.41, 5.74) is 2.11. The minimum atomic E-state index is -0.564. The summed E-state index contributed by atoms with van der Waals surface area (Å²) >= 11 is 1.58. The molecule has 1 aromatic carbocycles. The number of thiophene rings is 1. The van der Waals surface area contributed by atoms with E-state index in [1.165, 1.54) is 5.56 Å². The van der Waals surface area contributed by atoms with Gasteiger partial charge >= 0.3 is 0 Å². The van der Waals surface area contributed by atoms with E-state index < -0.39 is 6.10 Å². The van der Waals surface area contributed by atoms with Gasteiger partial charge in [-0.3, -0.25) is 4.79 Å². The zero-order chi connectivity index (χ0) is 15.4. The molecule has 0 unspecified atom stereocenters. The zero-order valence-electron chi connectivity index (χ0n) is 12.2. The largest absolute Gasteiger partial charge is 0.396 e. The van der Waals surface area contributed by atoms with Gasteiger partial charge in [0.1, 0.15) is 0 Å². The van der Waals surface area contributed by atoms with Crippen molar-refractivity contribution in [3.8, 4) is 0 Å². The van der Waals surface area contributed by atoms with Gasteiger partial charge < -0.3 is 15.2 Å². The third kappa shape index (κ3) is 3.21. The molecule has 116 valence electrons.